The average Bonchev–Trinajstić information content (AvgIpc) is 3.47. The second-order valence-electron chi connectivity index (χ2n) is 8.52. The zero-order valence-corrected chi connectivity index (χ0v) is 18.7. The second-order valence-corrected chi connectivity index (χ2v) is 8.52. The van der Waals surface area contributed by atoms with E-state index in [9.17, 15) is 5.11 Å². The summed E-state index contributed by atoms with van der Waals surface area (Å²) in [5.74, 6) is 0. The van der Waals surface area contributed by atoms with Crippen LogP contribution in [0, 0.1) is 0 Å². The summed E-state index contributed by atoms with van der Waals surface area (Å²) < 4.78 is 2.21. The lowest BCUT2D eigenvalue weighted by molar-refractivity contribution is 0.0820. The molecule has 0 saturated heterocycles. The molecule has 5 nitrogen and oxygen atoms in total. The van der Waals surface area contributed by atoms with Gasteiger partial charge in [-0.3, -0.25) is 9.67 Å². The highest BCUT2D eigenvalue weighted by Crippen LogP contribution is 2.39. The Balaban J connectivity index is 1.89. The number of nitrogens with zero attached hydrogens (tertiary/aromatic N) is 3. The van der Waals surface area contributed by atoms with Crippen LogP contribution in [0.5, 0.6) is 0 Å². The first kappa shape index (κ1) is 22.0. The Bertz CT molecular complexity index is 1140. The van der Waals surface area contributed by atoms with E-state index in [0.717, 1.165) is 47.2 Å². The van der Waals surface area contributed by atoms with Gasteiger partial charge in [0, 0.05) is 24.2 Å². The Morgan fingerprint density at radius 2 is 1.97 bits per heavy atom. The van der Waals surface area contributed by atoms with Crippen molar-refractivity contribution in [1.82, 2.24) is 14.8 Å². The number of hydrogen-bond donors (Lipinski definition) is 2. The van der Waals surface area contributed by atoms with Gasteiger partial charge in [0.15, 0.2) is 0 Å². The van der Waals surface area contributed by atoms with Gasteiger partial charge in [-0.2, -0.15) is 5.10 Å². The maximum atomic E-state index is 12.2. The first-order chi connectivity index (χ1) is 15.6. The van der Waals surface area contributed by atoms with Crippen molar-refractivity contribution in [2.75, 3.05) is 0 Å². The van der Waals surface area contributed by atoms with Gasteiger partial charge in [-0.15, -0.1) is 0 Å². The van der Waals surface area contributed by atoms with Crippen LogP contribution in [0.15, 0.2) is 79.3 Å². The van der Waals surface area contributed by atoms with Gasteiger partial charge in [0.2, 0.25) is 0 Å². The molecule has 1 saturated carbocycles. The van der Waals surface area contributed by atoms with Crippen LogP contribution in [0.4, 0.5) is 0 Å². The van der Waals surface area contributed by atoms with E-state index >= 15 is 0 Å². The summed E-state index contributed by atoms with van der Waals surface area (Å²) in [6, 6.07) is 10.4. The highest BCUT2D eigenvalue weighted by Gasteiger charge is 2.33. The molecule has 1 aliphatic carbocycles. The molecule has 0 amide bonds. The van der Waals surface area contributed by atoms with Crippen LogP contribution < -0.4 is 5.73 Å². The predicted molar refractivity (Wildman–Crippen MR) is 130 cm³/mol. The number of aliphatic hydroxyl groups is 1. The molecule has 32 heavy (non-hydrogen) atoms. The monoisotopic (exact) mass is 428 g/mol. The van der Waals surface area contributed by atoms with Crippen LogP contribution in [-0.4, -0.2) is 19.9 Å². The fourth-order valence-corrected chi connectivity index (χ4v) is 4.89. The topological polar surface area (TPSA) is 77.0 Å². The lowest BCUT2D eigenvalue weighted by Gasteiger charge is -2.30. The van der Waals surface area contributed by atoms with E-state index in [1.807, 2.05) is 30.4 Å². The standard InChI is InChI=1S/C27H32N4O/c1-3-7-20(12-15-28)19-27(32,21-13-16-29-17-14-21)22-10-11-24-25(4-2)30-31(26(24)18-22)23-8-5-6-9-23/h3,7,10-18,23,32H,1,4-6,8-9,19,28H2,2H3/b15-12-,20-7+. The minimum absolute atomic E-state index is 0.362. The minimum Gasteiger partial charge on any atom is -0.405 e. The van der Waals surface area contributed by atoms with E-state index in [0.29, 0.717) is 12.5 Å². The van der Waals surface area contributed by atoms with Gasteiger partial charge in [0.25, 0.3) is 0 Å². The number of allylic oxidation sites excluding steroid dienone is 3. The van der Waals surface area contributed by atoms with E-state index in [-0.39, 0.29) is 0 Å². The SMILES string of the molecule is C=C/C=C(\C=C/N)CC(O)(c1ccncc1)c1ccc2c(CC)nn(C3CCCC3)c2c1. The molecule has 4 rings (SSSR count). The zero-order valence-electron chi connectivity index (χ0n) is 18.7. The molecule has 1 atom stereocenters. The second kappa shape index (κ2) is 9.53. The summed E-state index contributed by atoms with van der Waals surface area (Å²) in [5, 5.41) is 18.3. The molecule has 5 heteroatoms. The Morgan fingerprint density at radius 1 is 1.22 bits per heavy atom. The fourth-order valence-electron chi connectivity index (χ4n) is 4.89. The van der Waals surface area contributed by atoms with Gasteiger partial charge in [-0.1, -0.05) is 50.6 Å². The Labute approximate surface area is 190 Å². The number of benzene rings is 1. The number of nitrogens with two attached hydrogens (primary N) is 1. The smallest absolute Gasteiger partial charge is 0.119 e. The lowest BCUT2D eigenvalue weighted by Crippen LogP contribution is -2.28. The summed E-state index contributed by atoms with van der Waals surface area (Å²) in [6.45, 7) is 5.96. The van der Waals surface area contributed by atoms with Crippen LogP contribution >= 0.6 is 0 Å². The summed E-state index contributed by atoms with van der Waals surface area (Å²) in [4.78, 5) is 4.15. The first-order valence-electron chi connectivity index (χ1n) is 11.4. The molecular formula is C27H32N4O. The van der Waals surface area contributed by atoms with Crippen molar-refractivity contribution in [1.29, 1.82) is 0 Å². The van der Waals surface area contributed by atoms with Crippen molar-refractivity contribution in [3.8, 4) is 0 Å². The molecule has 1 fully saturated rings. The lowest BCUT2D eigenvalue weighted by atomic mass is 9.81. The average molecular weight is 429 g/mol. The summed E-state index contributed by atoms with van der Waals surface area (Å²) in [7, 11) is 0. The summed E-state index contributed by atoms with van der Waals surface area (Å²) >= 11 is 0. The molecule has 0 bridgehead atoms. The predicted octanol–water partition coefficient (Wildman–Crippen LogP) is 5.32. The zero-order chi connectivity index (χ0) is 22.6. The number of hydrogen-bond acceptors (Lipinski definition) is 4. The van der Waals surface area contributed by atoms with E-state index in [4.69, 9.17) is 10.8 Å². The number of aryl methyl sites for hydroxylation is 1. The van der Waals surface area contributed by atoms with Crippen LogP contribution in [0.1, 0.15) is 61.9 Å². The normalized spacial score (nSPS) is 17.2. The van der Waals surface area contributed by atoms with Crippen LogP contribution in [0.2, 0.25) is 0 Å². The Kier molecular flexibility index (Phi) is 6.56. The largest absolute Gasteiger partial charge is 0.405 e. The van der Waals surface area contributed by atoms with Crippen molar-refractivity contribution in [2.45, 2.75) is 57.1 Å². The highest BCUT2D eigenvalue weighted by molar-refractivity contribution is 5.83. The van der Waals surface area contributed by atoms with Crippen LogP contribution in [0.3, 0.4) is 0 Å². The molecule has 1 aromatic carbocycles. The number of rotatable bonds is 8. The maximum absolute atomic E-state index is 12.2. The Hall–Kier alpha value is -3.18. The van der Waals surface area contributed by atoms with Crippen molar-refractivity contribution in [3.63, 3.8) is 0 Å². The summed E-state index contributed by atoms with van der Waals surface area (Å²) in [6.07, 6.45) is 16.4. The molecule has 1 unspecified atom stereocenters. The van der Waals surface area contributed by atoms with E-state index in [1.54, 1.807) is 18.5 Å². The summed E-state index contributed by atoms with van der Waals surface area (Å²) in [5.41, 5.74) is 9.15. The number of pyridine rings is 1. The first-order valence-corrected chi connectivity index (χ1v) is 11.4. The molecule has 3 N–H and O–H groups in total. The van der Waals surface area contributed by atoms with Crippen molar-refractivity contribution < 1.29 is 5.11 Å². The van der Waals surface area contributed by atoms with E-state index in [2.05, 4.69) is 35.3 Å². The third-order valence-corrected chi connectivity index (χ3v) is 6.53. The van der Waals surface area contributed by atoms with Gasteiger partial charge in [-0.05, 0) is 66.4 Å². The minimum atomic E-state index is -1.25. The maximum Gasteiger partial charge on any atom is 0.119 e. The van der Waals surface area contributed by atoms with Crippen LogP contribution in [0.25, 0.3) is 10.9 Å². The van der Waals surface area contributed by atoms with Crippen molar-refractivity contribution in [3.05, 3.63) is 96.1 Å². The molecule has 0 aliphatic heterocycles. The molecule has 2 aromatic heterocycles. The van der Waals surface area contributed by atoms with Gasteiger partial charge < -0.3 is 10.8 Å². The van der Waals surface area contributed by atoms with Gasteiger partial charge in [-0.25, -0.2) is 0 Å². The third-order valence-electron chi connectivity index (χ3n) is 6.53. The number of fused-ring (bicyclic) bond motifs is 1. The van der Waals surface area contributed by atoms with Crippen molar-refractivity contribution >= 4 is 10.9 Å². The highest BCUT2D eigenvalue weighted by atomic mass is 16.3. The molecule has 0 spiro atoms. The Morgan fingerprint density at radius 3 is 2.62 bits per heavy atom. The molecular weight excluding hydrogens is 396 g/mol. The van der Waals surface area contributed by atoms with Crippen LogP contribution in [-0.2, 0) is 12.0 Å². The van der Waals surface area contributed by atoms with Crippen molar-refractivity contribution in [2.24, 2.45) is 5.73 Å². The molecule has 166 valence electrons. The fraction of sp³-hybridized carbons (Fsp3) is 0.333. The number of aromatic nitrogens is 3. The van der Waals surface area contributed by atoms with E-state index < -0.39 is 5.60 Å². The quantitative estimate of drug-likeness (QED) is 0.476. The third kappa shape index (κ3) is 4.13. The van der Waals surface area contributed by atoms with Gasteiger partial charge in [0.05, 0.1) is 17.3 Å². The van der Waals surface area contributed by atoms with E-state index in [1.165, 1.54) is 24.4 Å². The van der Waals surface area contributed by atoms with Gasteiger partial charge >= 0.3 is 0 Å². The molecule has 2 heterocycles. The molecule has 0 radical (unpaired) electrons. The van der Waals surface area contributed by atoms with Gasteiger partial charge in [0.1, 0.15) is 5.60 Å². The molecule has 1 aliphatic rings. The molecule has 3 aromatic rings.